The summed E-state index contributed by atoms with van der Waals surface area (Å²) >= 11 is 0. The number of alkyl halides is 3. The zero-order valence-corrected chi connectivity index (χ0v) is 8.95. The Hall–Kier alpha value is -2.12. The highest BCUT2D eigenvalue weighted by atomic mass is 19.4. The van der Waals surface area contributed by atoms with E-state index in [9.17, 15) is 17.6 Å². The molecule has 8 heteroatoms. The quantitative estimate of drug-likeness (QED) is 0.780. The lowest BCUT2D eigenvalue weighted by Crippen LogP contribution is -2.17. The molecule has 0 fully saturated rings. The van der Waals surface area contributed by atoms with Crippen LogP contribution in [0, 0.1) is 12.7 Å². The topological polar surface area (TPSA) is 48.2 Å². The molecule has 18 heavy (non-hydrogen) atoms. The van der Waals surface area contributed by atoms with Gasteiger partial charge in [-0.05, 0) is 25.1 Å². The summed E-state index contributed by atoms with van der Waals surface area (Å²) in [5, 5.41) is 3.48. The van der Waals surface area contributed by atoms with Crippen molar-refractivity contribution in [3.63, 3.8) is 0 Å². The maximum Gasteiger partial charge on any atom is 0.573 e. The molecular formula is C10H6F4N2O2. The first-order chi connectivity index (χ1) is 8.35. The van der Waals surface area contributed by atoms with Gasteiger partial charge in [0.1, 0.15) is 0 Å². The molecule has 0 aliphatic rings. The van der Waals surface area contributed by atoms with Gasteiger partial charge in [-0.25, -0.2) is 4.39 Å². The largest absolute Gasteiger partial charge is 0.573 e. The minimum Gasteiger partial charge on any atom is -0.403 e. The standard InChI is InChI=1S/C10H6F4N2O2/c1-5-15-9(18-16-5)6-2-3-8(7(11)4-6)17-10(12,13)14/h2-4H,1H3. The van der Waals surface area contributed by atoms with Crippen molar-refractivity contribution in [2.75, 3.05) is 0 Å². The zero-order valence-electron chi connectivity index (χ0n) is 8.95. The normalized spacial score (nSPS) is 11.6. The van der Waals surface area contributed by atoms with Crippen LogP contribution in [0.15, 0.2) is 22.7 Å². The summed E-state index contributed by atoms with van der Waals surface area (Å²) in [6.45, 7) is 1.56. The first-order valence-corrected chi connectivity index (χ1v) is 4.71. The third-order valence-electron chi connectivity index (χ3n) is 1.93. The molecule has 0 spiro atoms. The van der Waals surface area contributed by atoms with Crippen molar-refractivity contribution in [2.45, 2.75) is 13.3 Å². The second kappa shape index (κ2) is 4.28. The van der Waals surface area contributed by atoms with Crippen LogP contribution in [0.25, 0.3) is 11.5 Å². The average molecular weight is 262 g/mol. The second-order valence-electron chi connectivity index (χ2n) is 3.34. The lowest BCUT2D eigenvalue weighted by Gasteiger charge is -2.09. The zero-order chi connectivity index (χ0) is 13.3. The molecule has 0 amide bonds. The van der Waals surface area contributed by atoms with Gasteiger partial charge in [0.05, 0.1) is 0 Å². The van der Waals surface area contributed by atoms with Gasteiger partial charge in [0.25, 0.3) is 5.89 Å². The Morgan fingerprint density at radius 3 is 2.50 bits per heavy atom. The van der Waals surface area contributed by atoms with Gasteiger partial charge in [0.2, 0.25) is 0 Å². The number of ether oxygens (including phenoxy) is 1. The first kappa shape index (κ1) is 12.3. The van der Waals surface area contributed by atoms with Crippen LogP contribution in [-0.2, 0) is 0 Å². The summed E-state index contributed by atoms with van der Waals surface area (Å²) in [6.07, 6.45) is -4.94. The van der Waals surface area contributed by atoms with Gasteiger partial charge in [-0.15, -0.1) is 13.2 Å². The fourth-order valence-electron chi connectivity index (χ4n) is 1.26. The maximum atomic E-state index is 13.4. The molecule has 0 atom stereocenters. The van der Waals surface area contributed by atoms with Crippen LogP contribution < -0.4 is 4.74 Å². The van der Waals surface area contributed by atoms with E-state index >= 15 is 0 Å². The summed E-state index contributed by atoms with van der Waals surface area (Å²) in [5.74, 6) is -1.73. The lowest BCUT2D eigenvalue weighted by atomic mass is 10.2. The summed E-state index contributed by atoms with van der Waals surface area (Å²) < 4.78 is 57.4. The second-order valence-corrected chi connectivity index (χ2v) is 3.34. The van der Waals surface area contributed by atoms with Gasteiger partial charge < -0.3 is 9.26 Å². The van der Waals surface area contributed by atoms with Crippen LogP contribution in [0.2, 0.25) is 0 Å². The van der Waals surface area contributed by atoms with Crippen LogP contribution in [0.1, 0.15) is 5.82 Å². The molecule has 4 nitrogen and oxygen atoms in total. The Morgan fingerprint density at radius 2 is 2.00 bits per heavy atom. The monoisotopic (exact) mass is 262 g/mol. The van der Waals surface area contributed by atoms with Gasteiger partial charge in [-0.1, -0.05) is 5.16 Å². The molecule has 2 aromatic rings. The molecule has 1 heterocycles. The SMILES string of the molecule is Cc1noc(-c2ccc(OC(F)(F)F)c(F)c2)n1. The Kier molecular flexibility index (Phi) is 2.93. The van der Waals surface area contributed by atoms with E-state index in [4.69, 9.17) is 4.52 Å². The van der Waals surface area contributed by atoms with E-state index in [2.05, 4.69) is 14.9 Å². The molecule has 0 radical (unpaired) electrons. The highest BCUT2D eigenvalue weighted by Crippen LogP contribution is 2.28. The van der Waals surface area contributed by atoms with E-state index in [0.29, 0.717) is 5.82 Å². The number of hydrogen-bond acceptors (Lipinski definition) is 4. The van der Waals surface area contributed by atoms with Crippen molar-refractivity contribution in [1.29, 1.82) is 0 Å². The molecule has 1 aromatic heterocycles. The molecule has 2 rings (SSSR count). The van der Waals surface area contributed by atoms with Gasteiger partial charge in [-0.3, -0.25) is 0 Å². The minimum atomic E-state index is -4.94. The van der Waals surface area contributed by atoms with E-state index in [1.54, 1.807) is 6.92 Å². The number of benzene rings is 1. The summed E-state index contributed by atoms with van der Waals surface area (Å²) in [5.41, 5.74) is 0.169. The minimum absolute atomic E-state index is 0.0185. The van der Waals surface area contributed by atoms with Crippen LogP contribution in [-0.4, -0.2) is 16.5 Å². The predicted octanol–water partition coefficient (Wildman–Crippen LogP) is 3.08. The van der Waals surface area contributed by atoms with Gasteiger partial charge in [0.15, 0.2) is 17.4 Å². The lowest BCUT2D eigenvalue weighted by molar-refractivity contribution is -0.275. The number of nitrogens with zero attached hydrogens (tertiary/aromatic N) is 2. The molecule has 0 unspecified atom stereocenters. The molecule has 0 saturated carbocycles. The van der Waals surface area contributed by atoms with Crippen molar-refractivity contribution in [3.8, 4) is 17.2 Å². The van der Waals surface area contributed by atoms with Crippen LogP contribution in [0.4, 0.5) is 17.6 Å². The molecule has 0 aliphatic heterocycles. The van der Waals surface area contributed by atoms with Crippen molar-refractivity contribution < 1.29 is 26.8 Å². The molecule has 1 aromatic carbocycles. The molecule has 0 saturated heterocycles. The average Bonchev–Trinajstić information content (AvgIpc) is 2.66. The fraction of sp³-hybridized carbons (Fsp3) is 0.200. The predicted molar refractivity (Wildman–Crippen MR) is 51.1 cm³/mol. The number of rotatable bonds is 2. The van der Waals surface area contributed by atoms with E-state index in [-0.39, 0.29) is 11.5 Å². The molecule has 0 N–H and O–H groups in total. The van der Waals surface area contributed by atoms with Gasteiger partial charge >= 0.3 is 6.36 Å². The Labute approximate surface area is 98.2 Å². The number of hydrogen-bond donors (Lipinski definition) is 0. The number of halogens is 4. The van der Waals surface area contributed by atoms with Crippen molar-refractivity contribution in [3.05, 3.63) is 29.8 Å². The van der Waals surface area contributed by atoms with Crippen LogP contribution in [0.5, 0.6) is 5.75 Å². The molecular weight excluding hydrogens is 256 g/mol. The third-order valence-corrected chi connectivity index (χ3v) is 1.93. The van der Waals surface area contributed by atoms with E-state index in [1.165, 1.54) is 6.07 Å². The Balaban J connectivity index is 2.30. The van der Waals surface area contributed by atoms with E-state index in [0.717, 1.165) is 12.1 Å². The third kappa shape index (κ3) is 2.76. The Morgan fingerprint density at radius 1 is 1.28 bits per heavy atom. The van der Waals surface area contributed by atoms with Gasteiger partial charge in [0, 0.05) is 5.56 Å². The summed E-state index contributed by atoms with van der Waals surface area (Å²) in [4.78, 5) is 3.82. The molecule has 0 bridgehead atoms. The molecule has 96 valence electrons. The number of aryl methyl sites for hydroxylation is 1. The summed E-state index contributed by atoms with van der Waals surface area (Å²) in [6, 6.07) is 2.86. The smallest absolute Gasteiger partial charge is 0.403 e. The summed E-state index contributed by atoms with van der Waals surface area (Å²) in [7, 11) is 0. The molecule has 0 aliphatic carbocycles. The maximum absolute atomic E-state index is 13.4. The fourth-order valence-corrected chi connectivity index (χ4v) is 1.26. The van der Waals surface area contributed by atoms with Crippen LogP contribution >= 0.6 is 0 Å². The highest BCUT2D eigenvalue weighted by Gasteiger charge is 2.32. The van der Waals surface area contributed by atoms with Crippen molar-refractivity contribution in [1.82, 2.24) is 10.1 Å². The Bertz CT molecular complexity index is 565. The highest BCUT2D eigenvalue weighted by molar-refractivity contribution is 5.54. The first-order valence-electron chi connectivity index (χ1n) is 4.71. The van der Waals surface area contributed by atoms with E-state index < -0.39 is 17.9 Å². The van der Waals surface area contributed by atoms with Gasteiger partial charge in [-0.2, -0.15) is 4.98 Å². The van der Waals surface area contributed by atoms with Crippen molar-refractivity contribution in [2.24, 2.45) is 0 Å². The van der Waals surface area contributed by atoms with E-state index in [1.807, 2.05) is 0 Å². The number of aromatic nitrogens is 2. The van der Waals surface area contributed by atoms with Crippen LogP contribution in [0.3, 0.4) is 0 Å². The van der Waals surface area contributed by atoms with Crippen molar-refractivity contribution >= 4 is 0 Å².